The highest BCUT2D eigenvalue weighted by Crippen LogP contribution is 2.25. The van der Waals surface area contributed by atoms with Crippen molar-refractivity contribution in [3.63, 3.8) is 0 Å². The maximum atomic E-state index is 14.1. The lowest BCUT2D eigenvalue weighted by Crippen LogP contribution is -2.51. The van der Waals surface area contributed by atoms with Gasteiger partial charge >= 0.3 is 10.1 Å². The molecule has 13 nitrogen and oxygen atoms in total. The van der Waals surface area contributed by atoms with Crippen molar-refractivity contribution >= 4 is 26.0 Å². The number of furan rings is 1. The molecule has 16 heteroatoms. The van der Waals surface area contributed by atoms with Gasteiger partial charge in [-0.1, -0.05) is 48.9 Å². The van der Waals surface area contributed by atoms with Crippen LogP contribution in [0.1, 0.15) is 37.0 Å². The maximum Gasteiger partial charge on any atom is 0.301 e. The zero-order valence-electron chi connectivity index (χ0n) is 26.1. The highest BCUT2D eigenvalue weighted by atomic mass is 32.2. The van der Waals surface area contributed by atoms with Crippen LogP contribution in [0.4, 0.5) is 4.39 Å². The quantitative estimate of drug-likeness (QED) is 0.115. The minimum absolute atomic E-state index is 0.0340. The van der Waals surface area contributed by atoms with Crippen molar-refractivity contribution in [2.45, 2.75) is 55.9 Å². The van der Waals surface area contributed by atoms with Crippen LogP contribution in [0.5, 0.6) is 0 Å². The van der Waals surface area contributed by atoms with Gasteiger partial charge in [-0.3, -0.25) is 9.28 Å². The van der Waals surface area contributed by atoms with E-state index in [1.54, 1.807) is 56.7 Å². The zero-order chi connectivity index (χ0) is 33.9. The number of nitrogens with zero attached hydrogens (tertiary/aromatic N) is 4. The summed E-state index contributed by atoms with van der Waals surface area (Å²) < 4.78 is 75.2. The van der Waals surface area contributed by atoms with Crippen LogP contribution in [0.25, 0.3) is 11.3 Å². The molecule has 2 heterocycles. The number of benzene rings is 2. The molecule has 0 aliphatic carbocycles. The summed E-state index contributed by atoms with van der Waals surface area (Å²) >= 11 is 0. The van der Waals surface area contributed by atoms with Crippen LogP contribution in [0.2, 0.25) is 0 Å². The fourth-order valence-corrected chi connectivity index (χ4v) is 6.38. The Balaban J connectivity index is 1.39. The Bertz CT molecular complexity index is 1870. The Morgan fingerprint density at radius 1 is 1.00 bits per heavy atom. The Kier molecular flexibility index (Phi) is 10.5. The third-order valence-corrected chi connectivity index (χ3v) is 9.60. The number of aromatic nitrogens is 3. The molecule has 0 aliphatic rings. The van der Waals surface area contributed by atoms with E-state index < -0.39 is 39.1 Å². The van der Waals surface area contributed by atoms with E-state index in [1.165, 1.54) is 28.9 Å². The molecule has 0 radical (unpaired) electrons. The number of carbonyl (C=O) groups is 1. The van der Waals surface area contributed by atoms with Crippen LogP contribution in [-0.2, 0) is 42.2 Å². The fraction of sp³-hybridized carbons (Fsp3) is 0.367. The highest BCUT2D eigenvalue weighted by molar-refractivity contribution is 7.89. The molecule has 248 valence electrons. The molecular weight excluding hydrogens is 639 g/mol. The molecular formula is C30H38FN6O7S2+. The predicted molar refractivity (Wildman–Crippen MR) is 166 cm³/mol. The maximum absolute atomic E-state index is 14.1. The lowest BCUT2D eigenvalue weighted by atomic mass is 10.0. The van der Waals surface area contributed by atoms with Gasteiger partial charge in [-0.15, -0.1) is 5.10 Å². The molecule has 2 atom stereocenters. The summed E-state index contributed by atoms with van der Waals surface area (Å²) in [7, 11) is -4.78. The average molecular weight is 678 g/mol. The minimum atomic E-state index is -4.21. The van der Waals surface area contributed by atoms with E-state index in [0.717, 1.165) is 5.56 Å². The summed E-state index contributed by atoms with van der Waals surface area (Å²) in [5.41, 5.74) is 1.92. The van der Waals surface area contributed by atoms with E-state index in [1.807, 2.05) is 20.8 Å². The van der Waals surface area contributed by atoms with Crippen LogP contribution in [0.3, 0.4) is 0 Å². The number of hydrogen-bond acceptors (Lipinski definition) is 9. The van der Waals surface area contributed by atoms with E-state index in [-0.39, 0.29) is 39.2 Å². The van der Waals surface area contributed by atoms with Gasteiger partial charge in [0.05, 0.1) is 36.6 Å². The molecule has 4 rings (SSSR count). The summed E-state index contributed by atoms with van der Waals surface area (Å²) in [6, 6.07) is 14.6. The predicted octanol–water partition coefficient (Wildman–Crippen LogP) is 3.28. The summed E-state index contributed by atoms with van der Waals surface area (Å²) in [6.45, 7) is 4.66. The highest BCUT2D eigenvalue weighted by Gasteiger charge is 2.36. The largest absolute Gasteiger partial charge is 0.458 e. The Labute approximate surface area is 267 Å². The first-order chi connectivity index (χ1) is 21.5. The van der Waals surface area contributed by atoms with E-state index in [0.29, 0.717) is 22.8 Å². The molecule has 2 aromatic heterocycles. The molecule has 0 spiro atoms. The number of sulfonamides is 1. The molecule has 3 N–H and O–H groups in total. The number of carbonyl (C=O) groups excluding carboxylic acids is 1. The van der Waals surface area contributed by atoms with E-state index in [2.05, 4.69) is 15.6 Å². The molecule has 46 heavy (non-hydrogen) atoms. The molecule has 0 bridgehead atoms. The molecule has 2 aromatic carbocycles. The van der Waals surface area contributed by atoms with Crippen LogP contribution in [-0.4, -0.2) is 69.2 Å². The molecule has 0 aliphatic heterocycles. The van der Waals surface area contributed by atoms with Crippen molar-refractivity contribution in [2.75, 3.05) is 20.8 Å². The molecule has 0 fully saturated rings. The summed E-state index contributed by atoms with van der Waals surface area (Å²) in [5, 5.41) is 16.3. The van der Waals surface area contributed by atoms with Crippen LogP contribution in [0.15, 0.2) is 81.1 Å². The van der Waals surface area contributed by atoms with Gasteiger partial charge in [0, 0.05) is 5.56 Å². The normalized spacial score (nSPS) is 13.9. The van der Waals surface area contributed by atoms with Crippen molar-refractivity contribution in [1.82, 2.24) is 20.3 Å². The smallest absolute Gasteiger partial charge is 0.301 e. The Morgan fingerprint density at radius 3 is 2.20 bits per heavy atom. The van der Waals surface area contributed by atoms with Crippen molar-refractivity contribution in [2.24, 2.45) is 11.1 Å². The number of rotatable bonds is 14. The van der Waals surface area contributed by atoms with E-state index >= 15 is 0 Å². The number of nitrogens with two attached hydrogens (primary N) is 1. The monoisotopic (exact) mass is 677 g/mol. The lowest BCUT2D eigenvalue weighted by Gasteiger charge is -2.34. The number of nitrogens with one attached hydrogen (secondary N) is 1. The van der Waals surface area contributed by atoms with Gasteiger partial charge in [0.25, 0.3) is 0 Å². The van der Waals surface area contributed by atoms with Crippen LogP contribution >= 0.6 is 0 Å². The Morgan fingerprint density at radius 2 is 1.61 bits per heavy atom. The van der Waals surface area contributed by atoms with E-state index in [9.17, 15) is 26.0 Å². The van der Waals surface area contributed by atoms with Gasteiger partial charge in [0.2, 0.25) is 22.2 Å². The summed E-state index contributed by atoms with van der Waals surface area (Å²) in [4.78, 5) is 13.2. The van der Waals surface area contributed by atoms with Crippen LogP contribution in [0, 0.1) is 12.8 Å². The number of hydrogen-bond donors (Lipinski definition) is 2. The van der Waals surface area contributed by atoms with Gasteiger partial charge < -0.3 is 9.73 Å². The van der Waals surface area contributed by atoms with Gasteiger partial charge in [0.1, 0.15) is 24.0 Å². The topological polar surface area (TPSA) is 176 Å². The Hall–Kier alpha value is -3.96. The second-order valence-electron chi connectivity index (χ2n) is 11.8. The standard InChI is InChI=1S/C30H37FN6O7S2/c1-20(2)29(36-18-27(34-35-36)22-8-14-25(15-9-22)45(32,39)40)30(38)33-17-23-10-11-24(43-23)19-37(4,5)28(16-31)44-46(41,42)26-12-6-21(3)7-13-26/h6-15,18,20,28-29H,16-17,19H2,1-5H3,(H2-,32,33,38,39,40)/p+1/t28-,29?/m0/s1. The third kappa shape index (κ3) is 8.44. The molecule has 0 saturated carbocycles. The number of quaternary nitrogens is 1. The summed E-state index contributed by atoms with van der Waals surface area (Å²) in [5.74, 6) is 0.375. The van der Waals surface area contributed by atoms with Gasteiger partial charge in [0.15, 0.2) is 12.4 Å². The van der Waals surface area contributed by atoms with Crippen molar-refractivity contribution in [3.8, 4) is 11.3 Å². The minimum Gasteiger partial charge on any atom is -0.458 e. The molecule has 1 amide bonds. The van der Waals surface area contributed by atoms with Crippen LogP contribution < -0.4 is 10.5 Å². The molecule has 0 saturated heterocycles. The second-order valence-corrected chi connectivity index (χ2v) is 15.0. The summed E-state index contributed by atoms with van der Waals surface area (Å²) in [6.07, 6.45) is 0.273. The number of halogens is 1. The number of alkyl halides is 1. The number of aryl methyl sites for hydroxylation is 1. The lowest BCUT2D eigenvalue weighted by molar-refractivity contribution is -0.946. The van der Waals surface area contributed by atoms with Gasteiger partial charge in [-0.2, -0.15) is 8.42 Å². The van der Waals surface area contributed by atoms with Gasteiger partial charge in [-0.25, -0.2) is 26.8 Å². The molecule has 1 unspecified atom stereocenters. The number of amides is 1. The number of primary sulfonamides is 1. The van der Waals surface area contributed by atoms with E-state index in [4.69, 9.17) is 13.7 Å². The first-order valence-electron chi connectivity index (χ1n) is 14.3. The van der Waals surface area contributed by atoms with Crippen molar-refractivity contribution in [3.05, 3.63) is 83.9 Å². The van der Waals surface area contributed by atoms with Crippen molar-refractivity contribution < 1.29 is 39.1 Å². The third-order valence-electron chi connectivity index (χ3n) is 7.35. The first-order valence-corrected chi connectivity index (χ1v) is 17.2. The fourth-order valence-electron chi connectivity index (χ4n) is 4.71. The average Bonchev–Trinajstić information content (AvgIpc) is 3.64. The van der Waals surface area contributed by atoms with Gasteiger partial charge in [-0.05, 0) is 49.2 Å². The SMILES string of the molecule is Cc1ccc(S(=O)(=O)O[C@@H](CF)[N+](C)(C)Cc2ccc(CNC(=O)C(C(C)C)n3cc(-c4ccc(S(N)(=O)=O)cc4)nn3)o2)cc1. The van der Waals surface area contributed by atoms with Crippen molar-refractivity contribution in [1.29, 1.82) is 0 Å². The zero-order valence-corrected chi connectivity index (χ0v) is 27.8. The molecule has 4 aromatic rings. The second kappa shape index (κ2) is 13.8. The first kappa shape index (κ1) is 34.9.